The lowest BCUT2D eigenvalue weighted by atomic mass is 10.1. The quantitative estimate of drug-likeness (QED) is 0.467. The molecule has 0 amide bonds. The number of anilines is 2. The summed E-state index contributed by atoms with van der Waals surface area (Å²) < 4.78 is 40.3. The molecule has 0 aliphatic heterocycles. The molecule has 0 bridgehead atoms. The van der Waals surface area contributed by atoms with Crippen LogP contribution in [0, 0.1) is 5.92 Å². The molecule has 0 radical (unpaired) electrons. The summed E-state index contributed by atoms with van der Waals surface area (Å²) in [6.45, 7) is 2.00. The number of pyridine rings is 1. The maximum absolute atomic E-state index is 13.4. The highest BCUT2D eigenvalue weighted by molar-refractivity contribution is 5.59. The van der Waals surface area contributed by atoms with Crippen LogP contribution in [0.1, 0.15) is 30.9 Å². The van der Waals surface area contributed by atoms with Crippen LogP contribution in [0.4, 0.5) is 24.9 Å². The molecule has 0 unspecified atom stereocenters. The molecule has 9 heteroatoms. The van der Waals surface area contributed by atoms with Crippen LogP contribution in [-0.4, -0.2) is 32.2 Å². The summed E-state index contributed by atoms with van der Waals surface area (Å²) in [6, 6.07) is 12.8. The summed E-state index contributed by atoms with van der Waals surface area (Å²) in [5.41, 5.74) is 1.78. The molecular formula is C23H24F3N5O. The van der Waals surface area contributed by atoms with E-state index in [-0.39, 0.29) is 17.7 Å². The molecule has 3 aromatic rings. The van der Waals surface area contributed by atoms with Gasteiger partial charge in [0.1, 0.15) is 11.4 Å². The van der Waals surface area contributed by atoms with Crippen LogP contribution < -0.4 is 10.6 Å². The minimum atomic E-state index is -4.60. The second kappa shape index (κ2) is 9.12. The average Bonchev–Trinajstić information content (AvgIpc) is 3.63. The van der Waals surface area contributed by atoms with Crippen molar-refractivity contribution in [3.63, 3.8) is 0 Å². The smallest absolute Gasteiger partial charge is 0.391 e. The number of aliphatic hydroxyl groups excluding tert-OH is 1. The van der Waals surface area contributed by atoms with E-state index >= 15 is 0 Å². The van der Waals surface area contributed by atoms with E-state index in [1.165, 1.54) is 0 Å². The van der Waals surface area contributed by atoms with Gasteiger partial charge in [0.2, 0.25) is 5.95 Å². The highest BCUT2D eigenvalue weighted by atomic mass is 19.4. The number of rotatable bonds is 8. The van der Waals surface area contributed by atoms with E-state index in [0.717, 1.165) is 35.9 Å². The molecule has 1 aromatic carbocycles. The molecule has 6 nitrogen and oxygen atoms in total. The number of aromatic nitrogens is 3. The Morgan fingerprint density at radius 1 is 1.09 bits per heavy atom. The molecule has 0 saturated heterocycles. The normalized spacial score (nSPS) is 15.8. The second-order valence-corrected chi connectivity index (χ2v) is 7.98. The molecule has 1 aliphatic rings. The van der Waals surface area contributed by atoms with Crippen LogP contribution >= 0.6 is 0 Å². The van der Waals surface area contributed by atoms with Crippen LogP contribution in [0.5, 0.6) is 0 Å². The van der Waals surface area contributed by atoms with Crippen molar-refractivity contribution >= 4 is 11.8 Å². The lowest BCUT2D eigenvalue weighted by molar-refractivity contribution is -0.137. The molecule has 2 aromatic heterocycles. The molecule has 0 spiro atoms. The summed E-state index contributed by atoms with van der Waals surface area (Å²) in [5, 5.41) is 15.9. The zero-order valence-electron chi connectivity index (χ0n) is 17.5. The summed E-state index contributed by atoms with van der Waals surface area (Å²) in [5.74, 6) is -0.143. The lowest BCUT2D eigenvalue weighted by Gasteiger charge is -2.23. The molecule has 1 saturated carbocycles. The van der Waals surface area contributed by atoms with Gasteiger partial charge in [0.25, 0.3) is 0 Å². The van der Waals surface area contributed by atoms with Crippen LogP contribution in [0.3, 0.4) is 0 Å². The molecule has 1 aliphatic carbocycles. The van der Waals surface area contributed by atoms with Gasteiger partial charge in [0.15, 0.2) is 0 Å². The molecule has 168 valence electrons. The molecule has 4 rings (SSSR count). The van der Waals surface area contributed by atoms with Gasteiger partial charge < -0.3 is 15.7 Å². The van der Waals surface area contributed by atoms with E-state index < -0.39 is 23.9 Å². The highest BCUT2D eigenvalue weighted by Crippen LogP contribution is 2.37. The fourth-order valence-corrected chi connectivity index (χ4v) is 3.44. The lowest BCUT2D eigenvalue weighted by Crippen LogP contribution is -2.33. The molecule has 3 N–H and O–H groups in total. The van der Waals surface area contributed by atoms with Crippen molar-refractivity contribution in [1.29, 1.82) is 0 Å². The number of hydrogen-bond acceptors (Lipinski definition) is 6. The number of benzene rings is 1. The minimum Gasteiger partial charge on any atom is -0.391 e. The fourth-order valence-electron chi connectivity index (χ4n) is 3.44. The van der Waals surface area contributed by atoms with Gasteiger partial charge in [-0.1, -0.05) is 30.3 Å². The third kappa shape index (κ3) is 5.34. The Morgan fingerprint density at radius 2 is 1.84 bits per heavy atom. The van der Waals surface area contributed by atoms with Gasteiger partial charge in [0, 0.05) is 24.5 Å². The Hall–Kier alpha value is -3.20. The third-order valence-electron chi connectivity index (χ3n) is 5.44. The Bertz CT molecular complexity index is 1040. The predicted octanol–water partition coefficient (Wildman–Crippen LogP) is 4.74. The number of nitrogens with zero attached hydrogens (tertiary/aromatic N) is 3. The number of nitrogens with one attached hydrogen (secondary N) is 2. The van der Waals surface area contributed by atoms with Crippen LogP contribution in [0.25, 0.3) is 11.3 Å². The molecule has 2 atom stereocenters. The van der Waals surface area contributed by atoms with Crippen molar-refractivity contribution in [1.82, 2.24) is 15.0 Å². The van der Waals surface area contributed by atoms with Crippen molar-refractivity contribution in [3.05, 3.63) is 66.0 Å². The van der Waals surface area contributed by atoms with Crippen molar-refractivity contribution in [2.45, 2.75) is 44.6 Å². The summed E-state index contributed by atoms with van der Waals surface area (Å²) in [6.07, 6.45) is -1.07. The van der Waals surface area contributed by atoms with Crippen molar-refractivity contribution in [3.8, 4) is 11.3 Å². The molecule has 32 heavy (non-hydrogen) atoms. The fraction of sp³-hybridized carbons (Fsp3) is 0.348. The SMILES string of the molecule is C[C@@H](Nc1nc(NCc2ccc(-c3ccccn3)cc2)ncc1C(F)(F)F)[C@H](O)C1CC1. The largest absolute Gasteiger partial charge is 0.421 e. The van der Waals surface area contributed by atoms with Gasteiger partial charge in [-0.3, -0.25) is 4.98 Å². The van der Waals surface area contributed by atoms with E-state index in [1.54, 1.807) is 13.1 Å². The first-order chi connectivity index (χ1) is 15.3. The Kier molecular flexibility index (Phi) is 6.27. The van der Waals surface area contributed by atoms with Gasteiger partial charge in [-0.25, -0.2) is 4.98 Å². The van der Waals surface area contributed by atoms with Crippen molar-refractivity contribution in [2.75, 3.05) is 10.6 Å². The van der Waals surface area contributed by atoms with Crippen LogP contribution in [-0.2, 0) is 12.7 Å². The van der Waals surface area contributed by atoms with E-state index in [0.29, 0.717) is 6.54 Å². The molecule has 1 fully saturated rings. The number of aliphatic hydroxyl groups is 1. The maximum Gasteiger partial charge on any atom is 0.421 e. The zero-order valence-corrected chi connectivity index (χ0v) is 17.5. The third-order valence-corrected chi connectivity index (χ3v) is 5.44. The standard InChI is InChI=1S/C23H24F3N5O/c1-14(20(32)17-9-10-17)30-21-18(23(24,25)26)13-29-22(31-21)28-12-15-5-7-16(8-6-15)19-4-2-3-11-27-19/h2-8,11,13-14,17,20,32H,9-10,12H2,1H3,(H2,28,29,30,31)/t14-,20+/m1/s1. The first-order valence-corrected chi connectivity index (χ1v) is 10.4. The summed E-state index contributed by atoms with van der Waals surface area (Å²) in [4.78, 5) is 12.2. The zero-order chi connectivity index (χ0) is 22.7. The summed E-state index contributed by atoms with van der Waals surface area (Å²) in [7, 11) is 0. The maximum atomic E-state index is 13.4. The predicted molar refractivity (Wildman–Crippen MR) is 116 cm³/mol. The minimum absolute atomic E-state index is 0.0717. The molecule has 2 heterocycles. The van der Waals surface area contributed by atoms with Gasteiger partial charge >= 0.3 is 6.18 Å². The Morgan fingerprint density at radius 3 is 2.47 bits per heavy atom. The Balaban J connectivity index is 1.46. The van der Waals surface area contributed by atoms with E-state index in [2.05, 4.69) is 25.6 Å². The van der Waals surface area contributed by atoms with Gasteiger partial charge in [-0.15, -0.1) is 0 Å². The van der Waals surface area contributed by atoms with Gasteiger partial charge in [-0.05, 0) is 43.4 Å². The monoisotopic (exact) mass is 443 g/mol. The number of hydrogen-bond donors (Lipinski definition) is 3. The van der Waals surface area contributed by atoms with Gasteiger partial charge in [-0.2, -0.15) is 18.2 Å². The van der Waals surface area contributed by atoms with Crippen molar-refractivity contribution in [2.24, 2.45) is 5.92 Å². The van der Waals surface area contributed by atoms with E-state index in [1.807, 2.05) is 42.5 Å². The average molecular weight is 443 g/mol. The van der Waals surface area contributed by atoms with Crippen LogP contribution in [0.2, 0.25) is 0 Å². The summed E-state index contributed by atoms with van der Waals surface area (Å²) >= 11 is 0. The molecular weight excluding hydrogens is 419 g/mol. The van der Waals surface area contributed by atoms with Crippen LogP contribution in [0.15, 0.2) is 54.9 Å². The number of halogens is 3. The number of alkyl halides is 3. The van der Waals surface area contributed by atoms with Gasteiger partial charge in [0.05, 0.1) is 17.8 Å². The highest BCUT2D eigenvalue weighted by Gasteiger charge is 2.38. The van der Waals surface area contributed by atoms with Crippen molar-refractivity contribution < 1.29 is 18.3 Å². The Labute approximate surface area is 184 Å². The van der Waals surface area contributed by atoms with E-state index in [4.69, 9.17) is 0 Å². The van der Waals surface area contributed by atoms with E-state index in [9.17, 15) is 18.3 Å². The first kappa shape index (κ1) is 22.0. The second-order valence-electron chi connectivity index (χ2n) is 7.98. The topological polar surface area (TPSA) is 83.0 Å². The first-order valence-electron chi connectivity index (χ1n) is 10.4.